The molecule has 2 aliphatic heterocycles. The molecule has 0 saturated carbocycles. The number of benzene rings is 1. The monoisotopic (exact) mass is 243 g/mol. The Morgan fingerprint density at radius 2 is 1.94 bits per heavy atom. The summed E-state index contributed by atoms with van der Waals surface area (Å²) in [6, 6.07) is 8.71. The molecule has 18 heavy (non-hydrogen) atoms. The van der Waals surface area contributed by atoms with Crippen LogP contribution in [0.1, 0.15) is 31.9 Å². The summed E-state index contributed by atoms with van der Waals surface area (Å²) < 4.78 is 0. The Bertz CT molecular complexity index is 504. The van der Waals surface area contributed by atoms with E-state index in [2.05, 4.69) is 60.7 Å². The molecule has 0 fully saturated rings. The smallest absolute Gasteiger partial charge is 0.121 e. The highest BCUT2D eigenvalue weighted by molar-refractivity contribution is 5.94. The average molecular weight is 243 g/mol. The molecule has 0 aliphatic carbocycles. The predicted molar refractivity (Wildman–Crippen MR) is 75.0 cm³/mol. The molecule has 0 amide bonds. The van der Waals surface area contributed by atoms with Gasteiger partial charge in [-0.25, -0.2) is 0 Å². The molecule has 0 radical (unpaired) electrons. The molecule has 2 N–H and O–H groups in total. The number of hydrogen-bond donors (Lipinski definition) is 2. The van der Waals surface area contributed by atoms with Gasteiger partial charge in [0.05, 0.1) is 12.1 Å². The lowest BCUT2D eigenvalue weighted by molar-refractivity contribution is 0.279. The summed E-state index contributed by atoms with van der Waals surface area (Å²) in [5.41, 5.74) is 2.70. The first kappa shape index (κ1) is 11.7. The first-order valence-corrected chi connectivity index (χ1v) is 6.68. The van der Waals surface area contributed by atoms with Crippen molar-refractivity contribution in [2.75, 3.05) is 13.1 Å². The zero-order valence-corrected chi connectivity index (χ0v) is 11.4. The zero-order chi connectivity index (χ0) is 12.8. The molecule has 0 aromatic heterocycles. The number of amidine groups is 1. The highest BCUT2D eigenvalue weighted by atomic mass is 15.2. The molecular formula is C15H21N3. The summed E-state index contributed by atoms with van der Waals surface area (Å²) in [5.74, 6) is 1.09. The molecule has 0 saturated heterocycles. The number of fused-ring (bicyclic) bond motifs is 1. The van der Waals surface area contributed by atoms with Crippen LogP contribution in [0.15, 0.2) is 29.3 Å². The number of nitrogens with zero attached hydrogens (tertiary/aromatic N) is 1. The van der Waals surface area contributed by atoms with Crippen molar-refractivity contribution in [1.82, 2.24) is 10.6 Å². The highest BCUT2D eigenvalue weighted by Gasteiger charge is 2.43. The third-order valence-corrected chi connectivity index (χ3v) is 3.92. The largest absolute Gasteiger partial charge is 0.370 e. The quantitative estimate of drug-likeness (QED) is 0.789. The summed E-state index contributed by atoms with van der Waals surface area (Å²) in [4.78, 5) is 4.64. The standard InChI is InChI=1S/C15H21N3/c1-14(2)10-11-6-4-5-7-12(11)15(3,18-14)13-16-8-9-17-13/h4-7,18H,8-10H2,1-3H3,(H,16,17). The second-order valence-corrected chi connectivity index (χ2v) is 6.12. The van der Waals surface area contributed by atoms with Gasteiger partial charge in [0.25, 0.3) is 0 Å². The molecule has 2 aliphatic rings. The van der Waals surface area contributed by atoms with Crippen LogP contribution in [0.5, 0.6) is 0 Å². The van der Waals surface area contributed by atoms with Crippen LogP contribution in [-0.4, -0.2) is 24.5 Å². The summed E-state index contributed by atoms with van der Waals surface area (Å²) >= 11 is 0. The van der Waals surface area contributed by atoms with Gasteiger partial charge in [0.1, 0.15) is 5.84 Å². The van der Waals surface area contributed by atoms with Gasteiger partial charge in [-0.2, -0.15) is 0 Å². The number of nitrogens with one attached hydrogen (secondary N) is 2. The third-order valence-electron chi connectivity index (χ3n) is 3.92. The Hall–Kier alpha value is -1.35. The van der Waals surface area contributed by atoms with E-state index < -0.39 is 0 Å². The molecule has 1 aromatic carbocycles. The minimum Gasteiger partial charge on any atom is -0.370 e. The fourth-order valence-corrected chi connectivity index (χ4v) is 3.35. The van der Waals surface area contributed by atoms with Crippen molar-refractivity contribution in [3.05, 3.63) is 35.4 Å². The average Bonchev–Trinajstić information content (AvgIpc) is 2.81. The van der Waals surface area contributed by atoms with E-state index in [0.29, 0.717) is 0 Å². The van der Waals surface area contributed by atoms with Gasteiger partial charge in [0.15, 0.2) is 0 Å². The van der Waals surface area contributed by atoms with Gasteiger partial charge in [0, 0.05) is 12.1 Å². The number of hydrogen-bond acceptors (Lipinski definition) is 3. The Kier molecular flexibility index (Phi) is 2.49. The first-order valence-electron chi connectivity index (χ1n) is 6.68. The summed E-state index contributed by atoms with van der Waals surface area (Å²) in [6.07, 6.45) is 1.06. The van der Waals surface area contributed by atoms with Crippen LogP contribution >= 0.6 is 0 Å². The van der Waals surface area contributed by atoms with E-state index in [1.807, 2.05) is 0 Å². The Morgan fingerprint density at radius 1 is 1.17 bits per heavy atom. The van der Waals surface area contributed by atoms with E-state index in [9.17, 15) is 0 Å². The molecule has 1 aromatic rings. The summed E-state index contributed by atoms with van der Waals surface area (Å²) in [7, 11) is 0. The van der Waals surface area contributed by atoms with E-state index in [1.165, 1.54) is 11.1 Å². The maximum Gasteiger partial charge on any atom is 0.121 e. The van der Waals surface area contributed by atoms with E-state index >= 15 is 0 Å². The van der Waals surface area contributed by atoms with Crippen LogP contribution in [0, 0.1) is 0 Å². The molecule has 1 atom stereocenters. The van der Waals surface area contributed by atoms with Gasteiger partial charge in [-0.05, 0) is 38.3 Å². The minimum atomic E-state index is -0.186. The lowest BCUT2D eigenvalue weighted by Crippen LogP contribution is -2.62. The number of aliphatic imine (C=N–C) groups is 1. The first-order chi connectivity index (χ1) is 8.51. The Balaban J connectivity index is 2.14. The lowest BCUT2D eigenvalue weighted by Gasteiger charge is -2.45. The predicted octanol–water partition coefficient (Wildman–Crippen LogP) is 1.83. The normalized spacial score (nSPS) is 29.4. The molecule has 0 spiro atoms. The highest BCUT2D eigenvalue weighted by Crippen LogP contribution is 2.35. The molecule has 3 rings (SSSR count). The van der Waals surface area contributed by atoms with Gasteiger partial charge in [-0.1, -0.05) is 24.3 Å². The molecule has 2 heterocycles. The van der Waals surface area contributed by atoms with Crippen molar-refractivity contribution < 1.29 is 0 Å². The van der Waals surface area contributed by atoms with Crippen LogP contribution in [-0.2, 0) is 12.0 Å². The number of rotatable bonds is 1. The van der Waals surface area contributed by atoms with E-state index in [0.717, 1.165) is 25.3 Å². The third kappa shape index (κ3) is 1.74. The van der Waals surface area contributed by atoms with Gasteiger partial charge in [0.2, 0.25) is 0 Å². The fourth-order valence-electron chi connectivity index (χ4n) is 3.35. The van der Waals surface area contributed by atoms with Crippen molar-refractivity contribution in [2.24, 2.45) is 4.99 Å². The topological polar surface area (TPSA) is 36.4 Å². The van der Waals surface area contributed by atoms with Crippen LogP contribution in [0.25, 0.3) is 0 Å². The Morgan fingerprint density at radius 3 is 2.67 bits per heavy atom. The summed E-state index contributed by atoms with van der Waals surface area (Å²) in [6.45, 7) is 8.60. The van der Waals surface area contributed by atoms with Crippen molar-refractivity contribution >= 4 is 5.84 Å². The molecule has 3 nitrogen and oxygen atoms in total. The van der Waals surface area contributed by atoms with Crippen LogP contribution < -0.4 is 10.6 Å². The van der Waals surface area contributed by atoms with E-state index in [4.69, 9.17) is 0 Å². The SMILES string of the molecule is CC1(C)Cc2ccccc2C(C)(C2=NCCN2)N1. The van der Waals surface area contributed by atoms with Gasteiger partial charge in [-0.15, -0.1) is 0 Å². The Labute approximate surface area is 109 Å². The van der Waals surface area contributed by atoms with E-state index in [-0.39, 0.29) is 11.1 Å². The lowest BCUT2D eigenvalue weighted by atomic mass is 9.76. The second kappa shape index (κ2) is 3.82. The van der Waals surface area contributed by atoms with Crippen molar-refractivity contribution in [3.8, 4) is 0 Å². The van der Waals surface area contributed by atoms with Crippen molar-refractivity contribution in [3.63, 3.8) is 0 Å². The van der Waals surface area contributed by atoms with Crippen LogP contribution in [0.4, 0.5) is 0 Å². The van der Waals surface area contributed by atoms with Crippen LogP contribution in [0.3, 0.4) is 0 Å². The van der Waals surface area contributed by atoms with Crippen molar-refractivity contribution in [2.45, 2.75) is 38.3 Å². The zero-order valence-electron chi connectivity index (χ0n) is 11.4. The second-order valence-electron chi connectivity index (χ2n) is 6.12. The fraction of sp³-hybridized carbons (Fsp3) is 0.533. The van der Waals surface area contributed by atoms with Crippen LogP contribution in [0.2, 0.25) is 0 Å². The minimum absolute atomic E-state index is 0.0931. The summed E-state index contributed by atoms with van der Waals surface area (Å²) in [5, 5.41) is 7.21. The van der Waals surface area contributed by atoms with Gasteiger partial charge < -0.3 is 5.32 Å². The maximum atomic E-state index is 4.64. The maximum absolute atomic E-state index is 4.64. The molecule has 96 valence electrons. The molecule has 0 bridgehead atoms. The molecule has 3 heteroatoms. The van der Waals surface area contributed by atoms with Crippen molar-refractivity contribution in [1.29, 1.82) is 0 Å². The van der Waals surface area contributed by atoms with Gasteiger partial charge in [-0.3, -0.25) is 10.3 Å². The van der Waals surface area contributed by atoms with Gasteiger partial charge >= 0.3 is 0 Å². The van der Waals surface area contributed by atoms with E-state index in [1.54, 1.807) is 0 Å². The molecular weight excluding hydrogens is 222 g/mol. The molecule has 1 unspecified atom stereocenters.